The lowest BCUT2D eigenvalue weighted by atomic mass is 10.0. The molecule has 1 heterocycles. The van der Waals surface area contributed by atoms with Crippen molar-refractivity contribution in [3.8, 4) is 5.75 Å². The first-order valence-corrected chi connectivity index (χ1v) is 6.58. The predicted octanol–water partition coefficient (Wildman–Crippen LogP) is 4.47. The van der Waals surface area contributed by atoms with Crippen molar-refractivity contribution < 1.29 is 13.5 Å². The maximum atomic E-state index is 14.0. The molecule has 104 valence electrons. The minimum absolute atomic E-state index is 0.200. The molecule has 2 aromatic carbocycles. The van der Waals surface area contributed by atoms with E-state index in [2.05, 4.69) is 5.32 Å². The molecule has 0 aliphatic carbocycles. The Bertz CT molecular complexity index is 675. The number of hydrogen-bond donors (Lipinski definition) is 1. The van der Waals surface area contributed by atoms with Crippen molar-refractivity contribution in [3.05, 3.63) is 58.1 Å². The van der Waals surface area contributed by atoms with Crippen molar-refractivity contribution in [2.24, 2.45) is 0 Å². The van der Waals surface area contributed by atoms with Crippen LogP contribution in [0.1, 0.15) is 17.2 Å². The molecule has 0 fully saturated rings. The van der Waals surface area contributed by atoms with Crippen LogP contribution in [-0.4, -0.2) is 6.54 Å². The quantitative estimate of drug-likeness (QED) is 0.838. The molecule has 1 atom stereocenters. The third-order valence-corrected chi connectivity index (χ3v) is 3.55. The fourth-order valence-electron chi connectivity index (χ4n) is 2.22. The van der Waals surface area contributed by atoms with Crippen LogP contribution in [0.15, 0.2) is 30.3 Å². The number of nitrogens with one attached hydrogen (secondary N) is 1. The molecule has 2 nitrogen and oxygen atoms in total. The number of aryl methyl sites for hydroxylation is 1. The SMILES string of the molecule is Cc1cc(F)c(C2CNc3ccc(Cl)cc3O2)cc1F. The summed E-state index contributed by atoms with van der Waals surface area (Å²) in [5, 5.41) is 3.66. The van der Waals surface area contributed by atoms with Gasteiger partial charge in [-0.3, -0.25) is 0 Å². The Balaban J connectivity index is 1.96. The van der Waals surface area contributed by atoms with Gasteiger partial charge in [-0.1, -0.05) is 11.6 Å². The predicted molar refractivity (Wildman–Crippen MR) is 74.4 cm³/mol. The summed E-state index contributed by atoms with van der Waals surface area (Å²) in [5.41, 5.74) is 1.27. The van der Waals surface area contributed by atoms with Crippen LogP contribution in [0.3, 0.4) is 0 Å². The van der Waals surface area contributed by atoms with Gasteiger partial charge in [0.2, 0.25) is 0 Å². The van der Waals surface area contributed by atoms with E-state index < -0.39 is 17.7 Å². The van der Waals surface area contributed by atoms with Crippen molar-refractivity contribution in [3.63, 3.8) is 0 Å². The first-order valence-electron chi connectivity index (χ1n) is 6.20. The van der Waals surface area contributed by atoms with Gasteiger partial charge in [0.25, 0.3) is 0 Å². The second-order valence-corrected chi connectivity index (χ2v) is 5.19. The maximum Gasteiger partial charge on any atom is 0.144 e. The van der Waals surface area contributed by atoms with Gasteiger partial charge < -0.3 is 10.1 Å². The van der Waals surface area contributed by atoms with E-state index in [0.29, 0.717) is 17.3 Å². The van der Waals surface area contributed by atoms with Crippen LogP contribution in [0, 0.1) is 18.6 Å². The number of anilines is 1. The van der Waals surface area contributed by atoms with Crippen LogP contribution in [0.2, 0.25) is 5.02 Å². The normalized spacial score (nSPS) is 17.1. The van der Waals surface area contributed by atoms with Gasteiger partial charge >= 0.3 is 0 Å². The van der Waals surface area contributed by atoms with Gasteiger partial charge in [-0.15, -0.1) is 0 Å². The van der Waals surface area contributed by atoms with Crippen molar-refractivity contribution in [1.82, 2.24) is 0 Å². The molecule has 0 radical (unpaired) electrons. The van der Waals surface area contributed by atoms with Crippen molar-refractivity contribution in [1.29, 1.82) is 0 Å². The molecule has 1 aliphatic rings. The van der Waals surface area contributed by atoms with Gasteiger partial charge in [-0.05, 0) is 36.8 Å². The summed E-state index contributed by atoms with van der Waals surface area (Å²) in [6.07, 6.45) is -0.587. The van der Waals surface area contributed by atoms with Crippen LogP contribution in [0.5, 0.6) is 5.75 Å². The fraction of sp³-hybridized carbons (Fsp3) is 0.200. The minimum atomic E-state index is -0.587. The van der Waals surface area contributed by atoms with Gasteiger partial charge in [-0.25, -0.2) is 8.78 Å². The number of rotatable bonds is 1. The molecule has 0 saturated carbocycles. The molecule has 0 spiro atoms. The largest absolute Gasteiger partial charge is 0.482 e. The van der Waals surface area contributed by atoms with Crippen molar-refractivity contribution >= 4 is 17.3 Å². The zero-order valence-corrected chi connectivity index (χ0v) is 11.5. The Hall–Kier alpha value is -1.81. The summed E-state index contributed by atoms with van der Waals surface area (Å²) in [7, 11) is 0. The monoisotopic (exact) mass is 295 g/mol. The van der Waals surface area contributed by atoms with Gasteiger partial charge in [0, 0.05) is 16.7 Å². The Morgan fingerprint density at radius 3 is 2.80 bits per heavy atom. The topological polar surface area (TPSA) is 21.3 Å². The molecule has 0 aromatic heterocycles. The Morgan fingerprint density at radius 2 is 2.00 bits per heavy atom. The Morgan fingerprint density at radius 1 is 1.20 bits per heavy atom. The fourth-order valence-corrected chi connectivity index (χ4v) is 2.38. The van der Waals surface area contributed by atoms with Gasteiger partial charge in [0.15, 0.2) is 0 Å². The lowest BCUT2D eigenvalue weighted by molar-refractivity contribution is 0.205. The summed E-state index contributed by atoms with van der Waals surface area (Å²) >= 11 is 5.91. The van der Waals surface area contributed by atoms with Crippen LogP contribution in [-0.2, 0) is 0 Å². The van der Waals surface area contributed by atoms with Gasteiger partial charge in [-0.2, -0.15) is 0 Å². The molecule has 2 aromatic rings. The molecule has 0 bridgehead atoms. The molecule has 3 rings (SSSR count). The third kappa shape index (κ3) is 2.31. The number of benzene rings is 2. The second kappa shape index (κ2) is 4.94. The molecule has 20 heavy (non-hydrogen) atoms. The first-order chi connectivity index (χ1) is 9.54. The Kier molecular flexibility index (Phi) is 3.26. The summed E-state index contributed by atoms with van der Waals surface area (Å²) < 4.78 is 33.3. The minimum Gasteiger partial charge on any atom is -0.482 e. The van der Waals surface area contributed by atoms with Gasteiger partial charge in [0.05, 0.1) is 12.2 Å². The molecule has 1 N–H and O–H groups in total. The van der Waals surface area contributed by atoms with E-state index in [1.165, 1.54) is 19.1 Å². The van der Waals surface area contributed by atoms with E-state index in [-0.39, 0.29) is 11.1 Å². The number of ether oxygens (including phenoxy) is 1. The summed E-state index contributed by atoms with van der Waals surface area (Å²) in [6, 6.07) is 7.55. The smallest absolute Gasteiger partial charge is 0.144 e. The van der Waals surface area contributed by atoms with E-state index in [1.54, 1.807) is 18.2 Å². The van der Waals surface area contributed by atoms with E-state index >= 15 is 0 Å². The summed E-state index contributed by atoms with van der Waals surface area (Å²) in [5.74, 6) is -0.378. The average molecular weight is 296 g/mol. The van der Waals surface area contributed by atoms with Crippen LogP contribution in [0.25, 0.3) is 0 Å². The van der Waals surface area contributed by atoms with Crippen LogP contribution in [0.4, 0.5) is 14.5 Å². The molecule has 1 unspecified atom stereocenters. The highest BCUT2D eigenvalue weighted by Crippen LogP contribution is 2.36. The third-order valence-electron chi connectivity index (χ3n) is 3.32. The lowest BCUT2D eigenvalue weighted by Gasteiger charge is -2.28. The molecule has 0 saturated heterocycles. The van der Waals surface area contributed by atoms with E-state index in [4.69, 9.17) is 16.3 Å². The van der Waals surface area contributed by atoms with E-state index in [9.17, 15) is 8.78 Å². The molecular formula is C15H12ClF2NO. The summed E-state index contributed by atoms with van der Waals surface area (Å²) in [6.45, 7) is 1.89. The highest BCUT2D eigenvalue weighted by molar-refractivity contribution is 6.30. The number of halogens is 3. The average Bonchev–Trinajstić information content (AvgIpc) is 2.42. The van der Waals surface area contributed by atoms with E-state index in [0.717, 1.165) is 5.69 Å². The zero-order valence-electron chi connectivity index (χ0n) is 10.7. The summed E-state index contributed by atoms with van der Waals surface area (Å²) in [4.78, 5) is 0. The molecule has 0 amide bonds. The standard InChI is InChI=1S/C15H12ClF2NO/c1-8-4-12(18)10(6-11(8)17)15-7-19-13-3-2-9(16)5-14(13)20-15/h2-6,15,19H,7H2,1H3. The molecular weight excluding hydrogens is 284 g/mol. The first kappa shape index (κ1) is 13.2. The van der Waals surface area contributed by atoms with Crippen LogP contribution < -0.4 is 10.1 Å². The molecule has 1 aliphatic heterocycles. The maximum absolute atomic E-state index is 14.0. The number of fused-ring (bicyclic) bond motifs is 1. The lowest BCUT2D eigenvalue weighted by Crippen LogP contribution is -2.24. The van der Waals surface area contributed by atoms with E-state index in [1.807, 2.05) is 0 Å². The van der Waals surface area contributed by atoms with Crippen molar-refractivity contribution in [2.75, 3.05) is 11.9 Å². The highest BCUT2D eigenvalue weighted by atomic mass is 35.5. The molecule has 5 heteroatoms. The van der Waals surface area contributed by atoms with Crippen molar-refractivity contribution in [2.45, 2.75) is 13.0 Å². The van der Waals surface area contributed by atoms with Crippen LogP contribution >= 0.6 is 11.6 Å². The van der Waals surface area contributed by atoms with Gasteiger partial charge in [0.1, 0.15) is 23.5 Å². The highest BCUT2D eigenvalue weighted by Gasteiger charge is 2.24. The second-order valence-electron chi connectivity index (χ2n) is 4.75. The number of hydrogen-bond acceptors (Lipinski definition) is 2. The Labute approximate surface area is 120 Å². The zero-order chi connectivity index (χ0) is 14.3.